The zero-order chi connectivity index (χ0) is 26.1. The van der Waals surface area contributed by atoms with E-state index >= 15 is 0 Å². The van der Waals surface area contributed by atoms with E-state index in [2.05, 4.69) is 0 Å². The molecule has 1 unspecified atom stereocenters. The number of ether oxygens (including phenoxy) is 3. The molecule has 0 aliphatic carbocycles. The minimum atomic E-state index is -1.44. The number of likely N-dealkylation sites (N-methyl/N-ethyl adjacent to an activating group) is 1. The number of rotatable bonds is 11. The predicted molar refractivity (Wildman–Crippen MR) is 131 cm³/mol. The largest absolute Gasteiger partial charge is 0.492 e. The quantitative estimate of drug-likeness (QED) is 0.499. The summed E-state index contributed by atoms with van der Waals surface area (Å²) in [5, 5.41) is 11.5. The Morgan fingerprint density at radius 3 is 2.42 bits per heavy atom. The maximum atomic E-state index is 13.6. The van der Waals surface area contributed by atoms with Gasteiger partial charge in [-0.05, 0) is 43.9 Å². The molecule has 2 aromatic rings. The first-order chi connectivity index (χ1) is 17.2. The number of hydrogen-bond acceptors (Lipinski definition) is 7. The Kier molecular flexibility index (Phi) is 10.0. The van der Waals surface area contributed by atoms with Crippen molar-refractivity contribution >= 4 is 5.91 Å². The van der Waals surface area contributed by atoms with Crippen LogP contribution in [0.25, 0.3) is 0 Å². The number of aliphatic hydroxyl groups is 1. The van der Waals surface area contributed by atoms with Crippen molar-refractivity contribution in [2.45, 2.75) is 12.1 Å². The van der Waals surface area contributed by atoms with Crippen molar-refractivity contribution in [1.29, 1.82) is 0 Å². The van der Waals surface area contributed by atoms with E-state index in [9.17, 15) is 18.7 Å². The molecule has 3 rings (SSSR count). The fourth-order valence-electron chi connectivity index (χ4n) is 3.98. The van der Waals surface area contributed by atoms with E-state index in [1.54, 1.807) is 4.90 Å². The molecule has 1 fully saturated rings. The van der Waals surface area contributed by atoms with Gasteiger partial charge in [0.2, 0.25) is 5.91 Å². The summed E-state index contributed by atoms with van der Waals surface area (Å²) < 4.78 is 43.2. The summed E-state index contributed by atoms with van der Waals surface area (Å²) in [4.78, 5) is 18.2. The fourth-order valence-corrected chi connectivity index (χ4v) is 3.98. The Morgan fingerprint density at radius 1 is 1.03 bits per heavy atom. The molecule has 8 nitrogen and oxygen atoms in total. The topological polar surface area (TPSA) is 74.7 Å². The lowest BCUT2D eigenvalue weighted by atomic mass is 10.0. The average molecular weight is 508 g/mol. The van der Waals surface area contributed by atoms with Crippen molar-refractivity contribution < 1.29 is 32.9 Å². The second-order valence-electron chi connectivity index (χ2n) is 9.34. The van der Waals surface area contributed by atoms with Gasteiger partial charge in [-0.2, -0.15) is 0 Å². The highest BCUT2D eigenvalue weighted by Crippen LogP contribution is 2.22. The molecule has 198 valence electrons. The Bertz CT molecular complexity index is 992. The molecule has 0 radical (unpaired) electrons. The summed E-state index contributed by atoms with van der Waals surface area (Å²) in [5.74, 6) is -1.38. The summed E-state index contributed by atoms with van der Waals surface area (Å²) in [5.41, 5.74) is -0.421. The van der Waals surface area contributed by atoms with Gasteiger partial charge in [0.15, 0.2) is 11.6 Å². The first kappa shape index (κ1) is 27.8. The van der Waals surface area contributed by atoms with Gasteiger partial charge in [-0.15, -0.1) is 0 Å². The van der Waals surface area contributed by atoms with E-state index < -0.39 is 17.2 Å². The van der Waals surface area contributed by atoms with Gasteiger partial charge < -0.3 is 29.1 Å². The molecule has 0 spiro atoms. The number of methoxy groups -OCH3 is 1. The molecular weight excluding hydrogens is 472 g/mol. The molecule has 0 bridgehead atoms. The molecule has 1 aliphatic rings. The lowest BCUT2D eigenvalue weighted by Gasteiger charge is -2.33. The molecular formula is C26H35F2N3O5. The van der Waals surface area contributed by atoms with Gasteiger partial charge in [0.05, 0.1) is 6.54 Å². The van der Waals surface area contributed by atoms with Crippen LogP contribution >= 0.6 is 0 Å². The van der Waals surface area contributed by atoms with Crippen molar-refractivity contribution in [2.75, 3.05) is 73.7 Å². The minimum absolute atomic E-state index is 0.0218. The van der Waals surface area contributed by atoms with Crippen molar-refractivity contribution in [3.63, 3.8) is 0 Å². The van der Waals surface area contributed by atoms with Gasteiger partial charge in [-0.3, -0.25) is 9.69 Å². The van der Waals surface area contributed by atoms with E-state index in [-0.39, 0.29) is 38.0 Å². The van der Waals surface area contributed by atoms with Crippen LogP contribution in [0.3, 0.4) is 0 Å². The number of hydrogen-bond donors (Lipinski definition) is 1. The van der Waals surface area contributed by atoms with Crippen LogP contribution in [0.1, 0.15) is 5.56 Å². The van der Waals surface area contributed by atoms with Crippen molar-refractivity contribution in [2.24, 2.45) is 0 Å². The molecule has 0 saturated carbocycles. The van der Waals surface area contributed by atoms with Gasteiger partial charge in [0.25, 0.3) is 0 Å². The number of nitrogens with zero attached hydrogens (tertiary/aromatic N) is 3. The molecule has 1 N–H and O–H groups in total. The molecule has 2 aromatic carbocycles. The summed E-state index contributed by atoms with van der Waals surface area (Å²) >= 11 is 0. The van der Waals surface area contributed by atoms with Crippen LogP contribution in [-0.4, -0.2) is 105 Å². The summed E-state index contributed by atoms with van der Waals surface area (Å²) in [6.45, 7) is 2.82. The SMILES string of the molecule is COCC(=O)N1CCN(Cc2ccc(OCCN(C)C)cc2)CC(O)(COc2ccc(F)c(F)c2)C1. The van der Waals surface area contributed by atoms with Crippen molar-refractivity contribution in [1.82, 2.24) is 14.7 Å². The normalized spacial score (nSPS) is 18.8. The fraction of sp³-hybridized carbons (Fsp3) is 0.500. The lowest BCUT2D eigenvalue weighted by Crippen LogP contribution is -2.52. The highest BCUT2D eigenvalue weighted by molar-refractivity contribution is 5.77. The number of β-amino-alcohol motifs (C(OH)–C–C–N with tert-alkyl or cyclic N) is 1. The monoisotopic (exact) mass is 507 g/mol. The first-order valence-electron chi connectivity index (χ1n) is 11.8. The standard InChI is InChI=1S/C26H35F2N3O5/c1-29(2)12-13-35-21-6-4-20(5-7-21)15-30-10-11-31(25(32)16-34-3)18-26(33,17-30)19-36-22-8-9-23(27)24(28)14-22/h4-9,14,33H,10-13,15-19H2,1-3H3. The van der Waals surface area contributed by atoms with Crippen molar-refractivity contribution in [3.05, 3.63) is 59.7 Å². The van der Waals surface area contributed by atoms with E-state index in [0.29, 0.717) is 26.2 Å². The van der Waals surface area contributed by atoms with Gasteiger partial charge in [0.1, 0.15) is 36.9 Å². The smallest absolute Gasteiger partial charge is 0.248 e. The zero-order valence-electron chi connectivity index (χ0n) is 21.1. The third kappa shape index (κ3) is 8.41. The maximum Gasteiger partial charge on any atom is 0.248 e. The molecule has 10 heteroatoms. The number of carbonyl (C=O) groups excluding carboxylic acids is 1. The Hall–Kier alpha value is -2.79. The van der Waals surface area contributed by atoms with Gasteiger partial charge in [-0.25, -0.2) is 8.78 Å². The van der Waals surface area contributed by atoms with E-state index in [1.165, 1.54) is 13.2 Å². The average Bonchev–Trinajstić information content (AvgIpc) is 3.00. The molecule has 1 aliphatic heterocycles. The van der Waals surface area contributed by atoms with Gasteiger partial charge in [-0.1, -0.05) is 12.1 Å². The lowest BCUT2D eigenvalue weighted by molar-refractivity contribution is -0.138. The molecule has 36 heavy (non-hydrogen) atoms. The Labute approximate surface area is 210 Å². The number of benzene rings is 2. The van der Waals surface area contributed by atoms with Crippen LogP contribution in [0.2, 0.25) is 0 Å². The molecule has 1 heterocycles. The third-order valence-electron chi connectivity index (χ3n) is 5.85. The summed E-state index contributed by atoms with van der Waals surface area (Å²) in [7, 11) is 5.41. The molecule has 1 amide bonds. The highest BCUT2D eigenvalue weighted by Gasteiger charge is 2.37. The van der Waals surface area contributed by atoms with Crippen LogP contribution < -0.4 is 9.47 Å². The van der Waals surface area contributed by atoms with E-state index in [4.69, 9.17) is 14.2 Å². The Balaban J connectivity index is 1.68. The third-order valence-corrected chi connectivity index (χ3v) is 5.85. The molecule has 1 atom stereocenters. The Morgan fingerprint density at radius 2 is 1.75 bits per heavy atom. The first-order valence-corrected chi connectivity index (χ1v) is 11.8. The number of carbonyl (C=O) groups is 1. The minimum Gasteiger partial charge on any atom is -0.492 e. The van der Waals surface area contributed by atoms with Crippen molar-refractivity contribution in [3.8, 4) is 11.5 Å². The van der Waals surface area contributed by atoms with Crippen LogP contribution in [0, 0.1) is 11.6 Å². The maximum absolute atomic E-state index is 13.6. The van der Waals surface area contributed by atoms with E-state index in [1.807, 2.05) is 48.2 Å². The zero-order valence-corrected chi connectivity index (χ0v) is 21.1. The molecule has 1 saturated heterocycles. The summed E-state index contributed by atoms with van der Waals surface area (Å²) in [6, 6.07) is 11.0. The highest BCUT2D eigenvalue weighted by atomic mass is 19.2. The molecule has 0 aromatic heterocycles. The van der Waals surface area contributed by atoms with Crippen LogP contribution in [0.15, 0.2) is 42.5 Å². The number of amides is 1. The van der Waals surface area contributed by atoms with E-state index in [0.717, 1.165) is 30.0 Å². The number of halogens is 2. The van der Waals surface area contributed by atoms with Crippen LogP contribution in [0.4, 0.5) is 8.78 Å². The van der Waals surface area contributed by atoms with Gasteiger partial charge in [0, 0.05) is 45.9 Å². The van der Waals surface area contributed by atoms with Crippen LogP contribution in [-0.2, 0) is 16.1 Å². The summed E-state index contributed by atoms with van der Waals surface area (Å²) in [6.07, 6.45) is 0. The predicted octanol–water partition coefficient (Wildman–Crippen LogP) is 2.01. The second kappa shape index (κ2) is 13.0. The van der Waals surface area contributed by atoms with Gasteiger partial charge >= 0.3 is 0 Å². The second-order valence-corrected chi connectivity index (χ2v) is 9.34. The van der Waals surface area contributed by atoms with Crippen LogP contribution in [0.5, 0.6) is 11.5 Å².